The van der Waals surface area contributed by atoms with Crippen LogP contribution in [0.2, 0.25) is 0 Å². The van der Waals surface area contributed by atoms with Gasteiger partial charge in [-0.1, -0.05) is 6.08 Å². The third-order valence-electron chi connectivity index (χ3n) is 14.2. The Morgan fingerprint density at radius 2 is 1.66 bits per heavy atom. The number of hydrogen-bond donors (Lipinski definition) is 3. The predicted molar refractivity (Wildman–Crippen MR) is 253 cm³/mol. The van der Waals surface area contributed by atoms with Crippen LogP contribution in [0.25, 0.3) is 22.3 Å². The molecule has 4 aliphatic rings. The average Bonchev–Trinajstić information content (AvgIpc) is 3.66. The van der Waals surface area contributed by atoms with Gasteiger partial charge in [-0.3, -0.25) is 38.9 Å². The largest absolute Gasteiger partial charge is 0.386 e. The number of halogens is 3. The molecular weight excluding hydrogens is 862 g/mol. The number of aromatic nitrogens is 3. The molecule has 3 fully saturated rings. The minimum atomic E-state index is -0.578. The summed E-state index contributed by atoms with van der Waals surface area (Å²) in [6.07, 6.45) is 7.81. The van der Waals surface area contributed by atoms with Gasteiger partial charge in [0, 0.05) is 126 Å². The van der Waals surface area contributed by atoms with Crippen molar-refractivity contribution in [3.8, 4) is 5.69 Å². The first-order chi connectivity index (χ1) is 32.3. The molecule has 0 radical (unpaired) electrons. The van der Waals surface area contributed by atoms with Crippen LogP contribution in [0.1, 0.15) is 72.2 Å². The molecule has 0 saturated carbocycles. The lowest BCUT2D eigenvalue weighted by molar-refractivity contribution is -0.133. The van der Waals surface area contributed by atoms with E-state index in [0.717, 1.165) is 54.7 Å². The van der Waals surface area contributed by atoms with E-state index in [1.165, 1.54) is 29.0 Å². The second-order valence-electron chi connectivity index (χ2n) is 18.3. The topological polar surface area (TPSA) is 140 Å². The Bertz CT molecular complexity index is 2800. The highest BCUT2D eigenvalue weighted by Gasteiger charge is 2.31. The Morgan fingerprint density at radius 1 is 0.881 bits per heavy atom. The van der Waals surface area contributed by atoms with E-state index in [9.17, 15) is 23.6 Å². The van der Waals surface area contributed by atoms with Gasteiger partial charge in [-0.15, -0.1) is 0 Å². The van der Waals surface area contributed by atoms with Crippen LogP contribution in [0.5, 0.6) is 0 Å². The number of benzene rings is 2. The van der Waals surface area contributed by atoms with Crippen LogP contribution < -0.4 is 26.4 Å². The van der Waals surface area contributed by atoms with Crippen molar-refractivity contribution in [1.29, 1.82) is 0 Å². The molecule has 67 heavy (non-hydrogen) atoms. The molecule has 4 aliphatic heterocycles. The number of carbonyl (C=O) groups excluding carboxylic acids is 3. The van der Waals surface area contributed by atoms with E-state index in [0.29, 0.717) is 91.9 Å². The standard InChI is InChI=1S/C50H57F3N10O4/c1-30-23-34(50(67)62-15-10-32(11-16-62)28-59-19-21-61(22-20-59)43-7-5-35(25-37(43)51)56-40-6-8-45(64)57-49(40)66)24-38(52)47(30)33-12-17-60(18-13-33)31(2)44-26-36-42(9-14-55-48(36)58(44)4)63-29-39(53)41(54-3)27-46(63)65/h5,7,9,12,14,23-27,29,31-32,40,54,56H,6,8,10-11,13,15-22,28H2,1-4H3,(H,57,64,66)/t31-,40+/m0/s1. The van der Waals surface area contributed by atoms with Gasteiger partial charge in [0.15, 0.2) is 5.82 Å². The van der Waals surface area contributed by atoms with E-state index >= 15 is 8.78 Å². The summed E-state index contributed by atoms with van der Waals surface area (Å²) in [5.74, 6) is -1.73. The Morgan fingerprint density at radius 3 is 2.34 bits per heavy atom. The van der Waals surface area contributed by atoms with Gasteiger partial charge in [-0.05, 0) is 99.0 Å². The number of imide groups is 1. The summed E-state index contributed by atoms with van der Waals surface area (Å²) >= 11 is 0. The second-order valence-corrected chi connectivity index (χ2v) is 18.3. The Hall–Kier alpha value is -6.46. The zero-order valence-electron chi connectivity index (χ0n) is 38.4. The van der Waals surface area contributed by atoms with Crippen molar-refractivity contribution in [1.82, 2.24) is 34.1 Å². The first-order valence-electron chi connectivity index (χ1n) is 23.2. The number of anilines is 3. The molecule has 0 spiro atoms. The summed E-state index contributed by atoms with van der Waals surface area (Å²) < 4.78 is 49.4. The van der Waals surface area contributed by atoms with Gasteiger partial charge in [-0.25, -0.2) is 18.2 Å². The normalized spacial score (nSPS) is 19.4. The molecule has 5 aromatic rings. The third-order valence-corrected chi connectivity index (χ3v) is 14.2. The summed E-state index contributed by atoms with van der Waals surface area (Å²) in [5.41, 5.74) is 5.51. The molecule has 3 amide bonds. The lowest BCUT2D eigenvalue weighted by atomic mass is 9.92. The maximum absolute atomic E-state index is 16.1. The highest BCUT2D eigenvalue weighted by Crippen LogP contribution is 2.35. The van der Waals surface area contributed by atoms with E-state index in [1.807, 2.05) is 40.5 Å². The number of aryl methyl sites for hydroxylation is 2. The van der Waals surface area contributed by atoms with Crippen molar-refractivity contribution < 1.29 is 27.6 Å². The molecule has 352 valence electrons. The van der Waals surface area contributed by atoms with Gasteiger partial charge in [0.25, 0.3) is 11.5 Å². The summed E-state index contributed by atoms with van der Waals surface area (Å²) in [4.78, 5) is 63.5. The molecule has 0 unspecified atom stereocenters. The molecule has 14 nitrogen and oxygen atoms in total. The zero-order valence-corrected chi connectivity index (χ0v) is 38.4. The average molecular weight is 919 g/mol. The van der Waals surface area contributed by atoms with E-state index in [4.69, 9.17) is 0 Å². The van der Waals surface area contributed by atoms with Gasteiger partial charge in [0.1, 0.15) is 23.3 Å². The number of hydrogen-bond acceptors (Lipinski definition) is 10. The molecule has 17 heteroatoms. The van der Waals surface area contributed by atoms with Gasteiger partial charge >= 0.3 is 0 Å². The number of nitrogens with zero attached hydrogens (tertiary/aromatic N) is 7. The molecule has 2 aromatic carbocycles. The van der Waals surface area contributed by atoms with Crippen LogP contribution in [0.15, 0.2) is 71.8 Å². The van der Waals surface area contributed by atoms with Crippen LogP contribution in [0, 0.1) is 30.3 Å². The number of amides is 3. The third kappa shape index (κ3) is 9.31. The van der Waals surface area contributed by atoms with Gasteiger partial charge in [0.2, 0.25) is 11.8 Å². The SMILES string of the molecule is CNc1cc(=O)n(-c2ccnc3c2cc([C@H](C)N2CC=C(c4c(C)cc(C(=O)N5CCC(CN6CCN(c7ccc(N[C@@H]8CCC(=O)NC8=O)cc7F)CC6)CC5)cc4F)CC2)n3C)cc1F. The maximum atomic E-state index is 16.1. The quantitative estimate of drug-likeness (QED) is 0.131. The van der Waals surface area contributed by atoms with Crippen LogP contribution in [-0.2, 0) is 16.6 Å². The lowest BCUT2D eigenvalue weighted by Crippen LogP contribution is -2.49. The van der Waals surface area contributed by atoms with Crippen LogP contribution in [0.3, 0.4) is 0 Å². The molecule has 3 N–H and O–H groups in total. The van der Waals surface area contributed by atoms with Crippen molar-refractivity contribution in [2.75, 3.05) is 81.5 Å². The highest BCUT2D eigenvalue weighted by atomic mass is 19.1. The van der Waals surface area contributed by atoms with Crippen molar-refractivity contribution in [2.24, 2.45) is 13.0 Å². The number of likely N-dealkylation sites (tertiary alicyclic amines) is 1. The molecule has 2 atom stereocenters. The second kappa shape index (κ2) is 19.0. The summed E-state index contributed by atoms with van der Waals surface area (Å²) in [6, 6.07) is 12.4. The Labute approximate surface area is 387 Å². The van der Waals surface area contributed by atoms with Crippen LogP contribution in [-0.4, -0.2) is 119 Å². The molecule has 3 aromatic heterocycles. The highest BCUT2D eigenvalue weighted by molar-refractivity contribution is 6.01. The summed E-state index contributed by atoms with van der Waals surface area (Å²) in [5, 5.41) is 8.79. The van der Waals surface area contributed by atoms with Crippen LogP contribution in [0.4, 0.5) is 30.2 Å². The maximum Gasteiger partial charge on any atom is 0.257 e. The molecule has 0 aliphatic carbocycles. The molecule has 3 saturated heterocycles. The smallest absolute Gasteiger partial charge is 0.257 e. The van der Waals surface area contributed by atoms with E-state index < -0.39 is 23.6 Å². The van der Waals surface area contributed by atoms with Crippen LogP contribution >= 0.6 is 0 Å². The monoisotopic (exact) mass is 918 g/mol. The minimum Gasteiger partial charge on any atom is -0.386 e. The molecule has 7 heterocycles. The van der Waals surface area contributed by atoms with Crippen molar-refractivity contribution in [2.45, 2.75) is 58.0 Å². The van der Waals surface area contributed by atoms with E-state index in [1.54, 1.807) is 31.4 Å². The van der Waals surface area contributed by atoms with Crippen molar-refractivity contribution in [3.63, 3.8) is 0 Å². The fourth-order valence-corrected chi connectivity index (χ4v) is 10.4. The number of piperidine rings is 2. The Balaban J connectivity index is 0.769. The summed E-state index contributed by atoms with van der Waals surface area (Å²) in [7, 11) is 3.50. The Kier molecular flexibility index (Phi) is 13.0. The van der Waals surface area contributed by atoms with E-state index in [-0.39, 0.29) is 41.3 Å². The van der Waals surface area contributed by atoms with Crippen molar-refractivity contribution in [3.05, 3.63) is 117 Å². The first kappa shape index (κ1) is 45.7. The number of nitrogens with one attached hydrogen (secondary N) is 3. The van der Waals surface area contributed by atoms with Crippen molar-refractivity contribution >= 4 is 51.4 Å². The number of pyridine rings is 2. The summed E-state index contributed by atoms with van der Waals surface area (Å²) in [6.45, 7) is 10.3. The molecule has 9 rings (SSSR count). The van der Waals surface area contributed by atoms with Gasteiger partial charge in [0.05, 0.1) is 23.3 Å². The number of carbonyl (C=O) groups is 3. The predicted octanol–water partition coefficient (Wildman–Crippen LogP) is 6.23. The first-order valence-corrected chi connectivity index (χ1v) is 23.2. The van der Waals surface area contributed by atoms with Gasteiger partial charge < -0.3 is 25.0 Å². The lowest BCUT2D eigenvalue weighted by Gasteiger charge is -2.39. The number of fused-ring (bicyclic) bond motifs is 1. The minimum absolute atomic E-state index is 0.0505. The number of rotatable bonds is 11. The zero-order chi connectivity index (χ0) is 47.1. The van der Waals surface area contributed by atoms with Gasteiger partial charge in [-0.2, -0.15) is 0 Å². The van der Waals surface area contributed by atoms with E-state index in [2.05, 4.69) is 43.7 Å². The molecule has 0 bridgehead atoms. The fraction of sp³-hybridized carbons (Fsp3) is 0.420. The fourth-order valence-electron chi connectivity index (χ4n) is 10.4. The molecular formula is C50H57F3N10O4. The number of piperazine rings is 1.